The number of carbonyl (C=O) groups is 1. The normalized spacial score (nSPS) is 15.3. The predicted molar refractivity (Wildman–Crippen MR) is 86.7 cm³/mol. The van der Waals surface area contributed by atoms with Gasteiger partial charge in [0.05, 0.1) is 23.6 Å². The van der Waals surface area contributed by atoms with Crippen LogP contribution in [0.4, 0.5) is 5.69 Å². The summed E-state index contributed by atoms with van der Waals surface area (Å²) in [6.07, 6.45) is 4.49. The zero-order valence-corrected chi connectivity index (χ0v) is 12.9. The van der Waals surface area contributed by atoms with E-state index in [1.807, 2.05) is 45.0 Å². The van der Waals surface area contributed by atoms with Gasteiger partial charge in [0.2, 0.25) is 0 Å². The molecule has 0 fully saturated rings. The molecule has 0 saturated heterocycles. The van der Waals surface area contributed by atoms with Crippen LogP contribution in [0.15, 0.2) is 24.4 Å². The zero-order valence-electron chi connectivity index (χ0n) is 12.9. The third kappa shape index (κ3) is 2.74. The topological polar surface area (TPSA) is 67.0 Å². The summed E-state index contributed by atoms with van der Waals surface area (Å²) in [4.78, 5) is 19.6. The van der Waals surface area contributed by atoms with Crippen LogP contribution in [-0.2, 0) is 11.2 Å². The molecule has 0 aliphatic carbocycles. The second kappa shape index (κ2) is 5.67. The van der Waals surface area contributed by atoms with E-state index in [1.165, 1.54) is 0 Å². The average Bonchev–Trinajstić information content (AvgIpc) is 3.04. The molecule has 0 unspecified atom stereocenters. The molecule has 0 radical (unpaired) electrons. The molecule has 1 aromatic carbocycles. The Hall–Kier alpha value is -2.56. The highest BCUT2D eigenvalue weighted by atomic mass is 16.5. The van der Waals surface area contributed by atoms with Gasteiger partial charge in [-0.3, -0.25) is 4.79 Å². The Morgan fingerprint density at radius 1 is 1.36 bits per heavy atom. The van der Waals surface area contributed by atoms with Crippen molar-refractivity contribution in [3.63, 3.8) is 0 Å². The maximum absolute atomic E-state index is 12.2. The summed E-state index contributed by atoms with van der Waals surface area (Å²) < 4.78 is 5.71. The highest BCUT2D eigenvalue weighted by Crippen LogP contribution is 2.35. The smallest absolute Gasteiger partial charge is 0.256 e. The fraction of sp³-hybridized carbons (Fsp3) is 0.294. The molecular formula is C17H19N3O2. The van der Waals surface area contributed by atoms with Gasteiger partial charge in [-0.1, -0.05) is 6.92 Å². The first-order valence-corrected chi connectivity index (χ1v) is 7.45. The minimum Gasteiger partial charge on any atom is -0.491 e. The number of hydrogen-bond acceptors (Lipinski definition) is 3. The summed E-state index contributed by atoms with van der Waals surface area (Å²) >= 11 is 0. The molecule has 1 aliphatic rings. The lowest BCUT2D eigenvalue weighted by Crippen LogP contribution is -2.05. The van der Waals surface area contributed by atoms with Crippen LogP contribution in [0.3, 0.4) is 0 Å². The van der Waals surface area contributed by atoms with Crippen LogP contribution in [0.5, 0.6) is 5.75 Å². The van der Waals surface area contributed by atoms with E-state index in [-0.39, 0.29) is 12.0 Å². The van der Waals surface area contributed by atoms with Gasteiger partial charge < -0.3 is 15.0 Å². The van der Waals surface area contributed by atoms with Crippen LogP contribution in [-0.4, -0.2) is 22.0 Å². The average molecular weight is 297 g/mol. The fourth-order valence-electron chi connectivity index (χ4n) is 2.44. The predicted octanol–water partition coefficient (Wildman–Crippen LogP) is 3.25. The first kappa shape index (κ1) is 14.4. The third-order valence-corrected chi connectivity index (χ3v) is 3.43. The molecule has 0 spiro atoms. The lowest BCUT2D eigenvalue weighted by atomic mass is 10.1. The number of imidazole rings is 1. The van der Waals surface area contributed by atoms with Crippen LogP contribution in [0.2, 0.25) is 0 Å². The maximum atomic E-state index is 12.2. The monoisotopic (exact) mass is 297 g/mol. The van der Waals surface area contributed by atoms with Crippen molar-refractivity contribution in [3.8, 4) is 5.75 Å². The first-order chi connectivity index (χ1) is 10.6. The molecule has 0 bridgehead atoms. The Labute approximate surface area is 129 Å². The summed E-state index contributed by atoms with van der Waals surface area (Å²) in [5.74, 6) is 1.56. The highest BCUT2D eigenvalue weighted by molar-refractivity contribution is 6.34. The number of aromatic nitrogens is 2. The zero-order chi connectivity index (χ0) is 15.7. The Kier molecular flexibility index (Phi) is 3.71. The molecular weight excluding hydrogens is 278 g/mol. The van der Waals surface area contributed by atoms with Gasteiger partial charge in [-0.2, -0.15) is 0 Å². The molecule has 22 heavy (non-hydrogen) atoms. The largest absolute Gasteiger partial charge is 0.491 e. The van der Waals surface area contributed by atoms with Gasteiger partial charge in [0, 0.05) is 17.7 Å². The number of nitrogens with zero attached hydrogens (tertiary/aromatic N) is 1. The second-order valence-corrected chi connectivity index (χ2v) is 5.52. The van der Waals surface area contributed by atoms with Crippen molar-refractivity contribution in [2.75, 3.05) is 5.32 Å². The number of aryl methyl sites for hydroxylation is 1. The fourth-order valence-corrected chi connectivity index (χ4v) is 2.44. The lowest BCUT2D eigenvalue weighted by Gasteiger charge is -2.10. The van der Waals surface area contributed by atoms with Gasteiger partial charge in [0.25, 0.3) is 5.91 Å². The Bertz CT molecular complexity index is 744. The first-order valence-electron chi connectivity index (χ1n) is 7.45. The van der Waals surface area contributed by atoms with E-state index >= 15 is 0 Å². The van der Waals surface area contributed by atoms with E-state index < -0.39 is 0 Å². The number of aromatic amines is 1. The number of ether oxygens (including phenoxy) is 1. The molecule has 5 nitrogen and oxygen atoms in total. The molecule has 1 aliphatic heterocycles. The maximum Gasteiger partial charge on any atom is 0.256 e. The molecule has 0 saturated carbocycles. The van der Waals surface area contributed by atoms with E-state index in [9.17, 15) is 4.79 Å². The quantitative estimate of drug-likeness (QED) is 0.851. The van der Waals surface area contributed by atoms with E-state index in [0.717, 1.165) is 34.9 Å². The van der Waals surface area contributed by atoms with E-state index in [1.54, 1.807) is 6.20 Å². The van der Waals surface area contributed by atoms with Crippen molar-refractivity contribution >= 4 is 23.2 Å². The van der Waals surface area contributed by atoms with Gasteiger partial charge in [-0.05, 0) is 38.1 Å². The van der Waals surface area contributed by atoms with Gasteiger partial charge in [-0.25, -0.2) is 4.98 Å². The molecule has 3 rings (SSSR count). The van der Waals surface area contributed by atoms with Crippen molar-refractivity contribution in [1.29, 1.82) is 0 Å². The number of amides is 1. The second-order valence-electron chi connectivity index (χ2n) is 5.52. The number of anilines is 1. The van der Waals surface area contributed by atoms with Crippen LogP contribution in [0.1, 0.15) is 37.9 Å². The van der Waals surface area contributed by atoms with Crippen molar-refractivity contribution in [1.82, 2.24) is 9.97 Å². The molecule has 2 heterocycles. The number of benzene rings is 1. The van der Waals surface area contributed by atoms with E-state index in [2.05, 4.69) is 15.3 Å². The number of hydrogen-bond donors (Lipinski definition) is 2. The molecule has 1 aromatic heterocycles. The molecule has 2 N–H and O–H groups in total. The van der Waals surface area contributed by atoms with Crippen molar-refractivity contribution in [3.05, 3.63) is 41.5 Å². The van der Waals surface area contributed by atoms with Gasteiger partial charge in [0.15, 0.2) is 0 Å². The summed E-state index contributed by atoms with van der Waals surface area (Å²) in [6, 6.07) is 5.64. The summed E-state index contributed by atoms with van der Waals surface area (Å²) in [5, 5.41) is 2.87. The summed E-state index contributed by atoms with van der Waals surface area (Å²) in [5.41, 5.74) is 3.11. The summed E-state index contributed by atoms with van der Waals surface area (Å²) in [6.45, 7) is 5.98. The van der Waals surface area contributed by atoms with Crippen LogP contribution < -0.4 is 10.1 Å². The number of carbonyl (C=O) groups excluding carboxylic acids is 1. The molecule has 2 aromatic rings. The standard InChI is InChI=1S/C17H19N3O2/c1-4-16-18-9-11(19-16)7-14-13-8-12(22-10(2)3)5-6-15(13)20-17(14)21/h5-10H,4H2,1-3H3,(H,18,19)(H,20,21)/b14-7-. The molecule has 1 amide bonds. The molecule has 5 heteroatoms. The third-order valence-electron chi connectivity index (χ3n) is 3.43. The van der Waals surface area contributed by atoms with Gasteiger partial charge >= 0.3 is 0 Å². The van der Waals surface area contributed by atoms with Crippen molar-refractivity contribution in [2.45, 2.75) is 33.3 Å². The number of H-pyrrole nitrogens is 1. The van der Waals surface area contributed by atoms with Gasteiger partial charge in [0.1, 0.15) is 11.6 Å². The van der Waals surface area contributed by atoms with Crippen LogP contribution in [0, 0.1) is 0 Å². The van der Waals surface area contributed by atoms with E-state index in [4.69, 9.17) is 4.74 Å². The van der Waals surface area contributed by atoms with Crippen molar-refractivity contribution < 1.29 is 9.53 Å². The Morgan fingerprint density at radius 2 is 2.18 bits per heavy atom. The number of fused-ring (bicyclic) bond motifs is 1. The van der Waals surface area contributed by atoms with Crippen molar-refractivity contribution in [2.24, 2.45) is 0 Å². The number of rotatable bonds is 4. The minimum absolute atomic E-state index is 0.0928. The van der Waals surface area contributed by atoms with Crippen LogP contribution >= 0.6 is 0 Å². The Morgan fingerprint density at radius 3 is 2.86 bits per heavy atom. The summed E-state index contributed by atoms with van der Waals surface area (Å²) in [7, 11) is 0. The van der Waals surface area contributed by atoms with Gasteiger partial charge in [-0.15, -0.1) is 0 Å². The minimum atomic E-state index is -0.107. The lowest BCUT2D eigenvalue weighted by molar-refractivity contribution is -0.110. The van der Waals surface area contributed by atoms with Crippen LogP contribution in [0.25, 0.3) is 11.6 Å². The number of nitrogens with one attached hydrogen (secondary N) is 2. The molecule has 0 atom stereocenters. The van der Waals surface area contributed by atoms with E-state index in [0.29, 0.717) is 5.57 Å². The Balaban J connectivity index is 1.98. The highest BCUT2D eigenvalue weighted by Gasteiger charge is 2.25. The SMILES string of the molecule is CCc1ncc(/C=C2\C(=O)Nc3ccc(OC(C)C)cc32)[nH]1. The molecule has 114 valence electrons.